The van der Waals surface area contributed by atoms with Gasteiger partial charge in [0, 0.05) is 35.4 Å². The number of hydrazone groups is 1. The predicted molar refractivity (Wildman–Crippen MR) is 125 cm³/mol. The fourth-order valence-corrected chi connectivity index (χ4v) is 5.39. The number of guanidine groups is 1. The van der Waals surface area contributed by atoms with Crippen molar-refractivity contribution >= 4 is 58.1 Å². The van der Waals surface area contributed by atoms with E-state index >= 15 is 0 Å². The number of carboxylic acids is 1. The summed E-state index contributed by atoms with van der Waals surface area (Å²) in [6.07, 6.45) is 4.05. The molecule has 2 aromatic heterocycles. The molecule has 32 heavy (non-hydrogen) atoms. The van der Waals surface area contributed by atoms with Gasteiger partial charge in [0.25, 0.3) is 0 Å². The summed E-state index contributed by atoms with van der Waals surface area (Å²) >= 11 is 13.9. The zero-order valence-corrected chi connectivity index (χ0v) is 19.4. The number of nitrogens with one attached hydrogen (secondary N) is 3. The summed E-state index contributed by atoms with van der Waals surface area (Å²) in [5, 5.41) is 22.9. The van der Waals surface area contributed by atoms with Crippen LogP contribution in [0.3, 0.4) is 0 Å². The Balaban J connectivity index is 0.000000269. The van der Waals surface area contributed by atoms with Gasteiger partial charge in [-0.2, -0.15) is 5.10 Å². The van der Waals surface area contributed by atoms with Gasteiger partial charge >= 0.3 is 5.97 Å². The van der Waals surface area contributed by atoms with Crippen LogP contribution in [0.25, 0.3) is 0 Å². The third-order valence-corrected chi connectivity index (χ3v) is 6.92. The number of fused-ring (bicyclic) bond motifs is 1. The Morgan fingerprint density at radius 3 is 2.72 bits per heavy atom. The number of pyridine rings is 1. The molecule has 4 rings (SSSR count). The molecule has 1 aliphatic heterocycles. The molecule has 2 aliphatic rings. The molecule has 0 radical (unpaired) electrons. The minimum Gasteiger partial charge on any atom is -0.480 e. The number of carbonyl (C=O) groups excluding carboxylic acids is 1. The zero-order valence-electron chi connectivity index (χ0n) is 17.1. The molecule has 1 amide bonds. The van der Waals surface area contributed by atoms with Crippen molar-refractivity contribution in [3.63, 3.8) is 0 Å². The van der Waals surface area contributed by atoms with Crippen molar-refractivity contribution in [2.75, 3.05) is 0 Å². The number of aryl methyl sites for hydroxylation is 1. The average Bonchev–Trinajstić information content (AvgIpc) is 3.31. The van der Waals surface area contributed by atoms with Crippen molar-refractivity contribution in [3.05, 3.63) is 49.4 Å². The van der Waals surface area contributed by atoms with Crippen molar-refractivity contribution in [1.29, 1.82) is 5.41 Å². The van der Waals surface area contributed by atoms with E-state index in [0.29, 0.717) is 28.6 Å². The molecular weight excluding hydrogens is 475 g/mol. The first-order chi connectivity index (χ1) is 15.2. The van der Waals surface area contributed by atoms with E-state index in [1.807, 2.05) is 13.0 Å². The normalized spacial score (nSPS) is 20.7. The topological polar surface area (TPSA) is 154 Å². The summed E-state index contributed by atoms with van der Waals surface area (Å²) < 4.78 is 0.674. The molecule has 0 saturated carbocycles. The van der Waals surface area contributed by atoms with E-state index in [1.165, 1.54) is 11.3 Å². The second kappa shape index (κ2) is 10.3. The molecule has 9 nitrogen and oxygen atoms in total. The van der Waals surface area contributed by atoms with Crippen molar-refractivity contribution in [2.45, 2.75) is 44.6 Å². The molecule has 12 heteroatoms. The van der Waals surface area contributed by atoms with Gasteiger partial charge in [0.2, 0.25) is 11.9 Å². The number of aromatic nitrogens is 1. The number of nitrogens with zero attached hydrogens (tertiary/aromatic N) is 2. The van der Waals surface area contributed by atoms with Crippen LogP contribution in [0.4, 0.5) is 0 Å². The lowest BCUT2D eigenvalue weighted by atomic mass is 9.83. The monoisotopic (exact) mass is 496 g/mol. The Bertz CT molecular complexity index is 1090. The summed E-state index contributed by atoms with van der Waals surface area (Å²) in [4.78, 5) is 26.1. The van der Waals surface area contributed by atoms with E-state index in [-0.39, 0.29) is 17.8 Å². The number of thiophene rings is 1. The molecule has 1 fully saturated rings. The van der Waals surface area contributed by atoms with Crippen molar-refractivity contribution in [3.8, 4) is 0 Å². The van der Waals surface area contributed by atoms with Gasteiger partial charge in [-0.25, -0.2) is 10.2 Å². The lowest BCUT2D eigenvalue weighted by molar-refractivity contribution is -0.140. The molecule has 0 bridgehead atoms. The number of nitrogens with two attached hydrogens (primary N) is 1. The number of amides is 1. The Hall–Kier alpha value is -2.69. The average molecular weight is 497 g/mol. The van der Waals surface area contributed by atoms with Gasteiger partial charge in [-0.15, -0.1) is 11.3 Å². The maximum atomic E-state index is 10.4. The first-order valence-corrected chi connectivity index (χ1v) is 11.3. The number of aliphatic carboxylic acids is 1. The van der Waals surface area contributed by atoms with Crippen molar-refractivity contribution in [2.24, 2.45) is 10.8 Å². The minimum atomic E-state index is -0.944. The highest BCUT2D eigenvalue weighted by Crippen LogP contribution is 2.42. The van der Waals surface area contributed by atoms with Crippen LogP contribution in [0.15, 0.2) is 23.4 Å². The SMILES string of the molecule is Cc1ccnc2c1C(=NNC(=N)N)CC(c1sc(Cl)cc1Cl)C2.O=C1CC[C@H](C(=O)O)N1. The van der Waals surface area contributed by atoms with Crippen LogP contribution in [0.1, 0.15) is 46.9 Å². The Morgan fingerprint density at radius 1 is 1.44 bits per heavy atom. The van der Waals surface area contributed by atoms with E-state index in [0.717, 1.165) is 33.8 Å². The number of hydrogen-bond acceptors (Lipinski definition) is 6. The third-order valence-electron chi connectivity index (χ3n) is 5.06. The molecule has 2 aromatic rings. The van der Waals surface area contributed by atoms with Gasteiger partial charge in [0.05, 0.1) is 20.8 Å². The number of carbonyl (C=O) groups is 2. The van der Waals surface area contributed by atoms with E-state index in [1.54, 1.807) is 12.3 Å². The molecule has 2 atom stereocenters. The lowest BCUT2D eigenvalue weighted by Crippen LogP contribution is -2.32. The zero-order chi connectivity index (χ0) is 23.4. The molecule has 0 spiro atoms. The van der Waals surface area contributed by atoms with Crippen LogP contribution in [-0.2, 0) is 16.0 Å². The highest BCUT2D eigenvalue weighted by Gasteiger charge is 2.30. The molecule has 1 saturated heterocycles. The van der Waals surface area contributed by atoms with Crippen molar-refractivity contribution in [1.82, 2.24) is 15.7 Å². The maximum Gasteiger partial charge on any atom is 0.326 e. The summed E-state index contributed by atoms with van der Waals surface area (Å²) in [5.41, 5.74) is 11.8. The van der Waals surface area contributed by atoms with Gasteiger partial charge in [-0.3, -0.25) is 15.2 Å². The number of carboxylic acid groups (broad SMARTS) is 1. The lowest BCUT2D eigenvalue weighted by Gasteiger charge is -2.26. The van der Waals surface area contributed by atoms with Crippen LogP contribution in [-0.4, -0.2) is 39.7 Å². The van der Waals surface area contributed by atoms with Crippen LogP contribution in [0.5, 0.6) is 0 Å². The highest BCUT2D eigenvalue weighted by molar-refractivity contribution is 7.16. The smallest absolute Gasteiger partial charge is 0.326 e. The highest BCUT2D eigenvalue weighted by atomic mass is 35.5. The number of hydrogen-bond donors (Lipinski definition) is 5. The van der Waals surface area contributed by atoms with Crippen molar-refractivity contribution < 1.29 is 14.7 Å². The van der Waals surface area contributed by atoms with Gasteiger partial charge in [0.1, 0.15) is 6.04 Å². The Labute approximate surface area is 198 Å². The summed E-state index contributed by atoms with van der Waals surface area (Å²) in [5.74, 6) is -1.14. The summed E-state index contributed by atoms with van der Waals surface area (Å²) in [7, 11) is 0. The molecular formula is C20H22Cl2N6O3S. The van der Waals surface area contributed by atoms with Gasteiger partial charge in [-0.05, 0) is 37.5 Å². The fraction of sp³-hybridized carbons (Fsp3) is 0.350. The second-order valence-electron chi connectivity index (χ2n) is 7.40. The first kappa shape index (κ1) is 24.0. The Kier molecular flexibility index (Phi) is 7.70. The van der Waals surface area contributed by atoms with E-state index < -0.39 is 12.0 Å². The van der Waals surface area contributed by atoms with E-state index in [2.05, 4.69) is 20.8 Å². The summed E-state index contributed by atoms with van der Waals surface area (Å²) in [6, 6.07) is 3.09. The number of rotatable bonds is 3. The third kappa shape index (κ3) is 5.76. The standard InChI is InChI=1S/C15H15Cl2N5S.C5H7NO3/c1-7-2-3-20-10-4-8(14-9(16)6-12(17)23-14)5-11(13(7)10)21-22-15(18)19;7-4-2-1-3(6-4)5(8)9/h2-3,6,8H,4-5H2,1H3,(H4,18,19,22);3H,1-2H2,(H,6,7)(H,8,9)/t;3-/m.1/s1. The molecule has 6 N–H and O–H groups in total. The fourth-order valence-electron chi connectivity index (χ4n) is 3.65. The molecule has 3 heterocycles. The van der Waals surface area contributed by atoms with Gasteiger partial charge in [0.15, 0.2) is 0 Å². The van der Waals surface area contributed by atoms with Crippen LogP contribution < -0.4 is 16.5 Å². The molecule has 1 unspecified atom stereocenters. The predicted octanol–water partition coefficient (Wildman–Crippen LogP) is 3.03. The first-order valence-electron chi connectivity index (χ1n) is 9.74. The van der Waals surface area contributed by atoms with E-state index in [4.69, 9.17) is 39.5 Å². The van der Waals surface area contributed by atoms with Crippen LogP contribution in [0, 0.1) is 12.3 Å². The van der Waals surface area contributed by atoms with Gasteiger partial charge in [-0.1, -0.05) is 23.2 Å². The van der Waals surface area contributed by atoms with Crippen LogP contribution >= 0.6 is 34.5 Å². The second-order valence-corrected chi connectivity index (χ2v) is 9.52. The molecule has 0 aromatic carbocycles. The quantitative estimate of drug-likeness (QED) is 0.250. The summed E-state index contributed by atoms with van der Waals surface area (Å²) in [6.45, 7) is 2.03. The van der Waals surface area contributed by atoms with Crippen LogP contribution in [0.2, 0.25) is 9.36 Å². The number of halogens is 2. The van der Waals surface area contributed by atoms with Gasteiger partial charge < -0.3 is 16.2 Å². The minimum absolute atomic E-state index is 0.161. The largest absolute Gasteiger partial charge is 0.480 e. The van der Waals surface area contributed by atoms with E-state index in [9.17, 15) is 9.59 Å². The molecule has 1 aliphatic carbocycles. The maximum absolute atomic E-state index is 10.4. The Morgan fingerprint density at radius 2 is 2.19 bits per heavy atom. The molecule has 170 valence electrons.